The fourth-order valence-corrected chi connectivity index (χ4v) is 4.25. The fourth-order valence-electron chi connectivity index (χ4n) is 3.46. The number of carbonyl (C=O) groups excluding carboxylic acids is 2. The molecule has 0 aliphatic rings. The summed E-state index contributed by atoms with van der Waals surface area (Å²) in [4.78, 5) is 27.3. The summed E-state index contributed by atoms with van der Waals surface area (Å²) in [5, 5.41) is 16.1. The SMILES string of the molecule is O=C([O-])Cc1csc(CC(=O)c2ccc(CNc3ccccc3CCCCC(F)(F)F)cc2)n1.[Na+]. The molecule has 1 heterocycles. The number of hydrogen-bond donors (Lipinski definition) is 1. The van der Waals surface area contributed by atoms with Crippen LogP contribution in [0.4, 0.5) is 18.9 Å². The molecule has 3 rings (SSSR count). The van der Waals surface area contributed by atoms with Gasteiger partial charge in [0.05, 0.1) is 12.1 Å². The van der Waals surface area contributed by atoms with Crippen LogP contribution in [0.15, 0.2) is 53.9 Å². The first-order valence-electron chi connectivity index (χ1n) is 10.8. The number of para-hydroxylation sites is 1. The Kier molecular flexibility index (Phi) is 11.4. The van der Waals surface area contributed by atoms with Gasteiger partial charge in [-0.3, -0.25) is 4.79 Å². The van der Waals surface area contributed by atoms with Crippen molar-refractivity contribution < 1.29 is 57.4 Å². The van der Waals surface area contributed by atoms with E-state index in [4.69, 9.17) is 0 Å². The number of alkyl halides is 3. The van der Waals surface area contributed by atoms with Crippen molar-refractivity contribution >= 4 is 28.8 Å². The zero-order valence-electron chi connectivity index (χ0n) is 19.4. The van der Waals surface area contributed by atoms with E-state index in [1.165, 1.54) is 11.3 Å². The largest absolute Gasteiger partial charge is 1.00 e. The number of thiazole rings is 1. The number of rotatable bonds is 12. The van der Waals surface area contributed by atoms with E-state index in [0.717, 1.165) is 16.8 Å². The molecule has 2 aromatic carbocycles. The Bertz CT molecular complexity index is 1120. The quantitative estimate of drug-likeness (QED) is 0.227. The van der Waals surface area contributed by atoms with E-state index in [1.54, 1.807) is 17.5 Å². The molecule has 0 bridgehead atoms. The number of nitrogens with one attached hydrogen (secondary N) is 1. The van der Waals surface area contributed by atoms with Crippen molar-refractivity contribution in [2.75, 3.05) is 5.32 Å². The molecule has 1 aromatic heterocycles. The first-order valence-corrected chi connectivity index (χ1v) is 11.7. The maximum Gasteiger partial charge on any atom is 1.00 e. The number of benzene rings is 2. The van der Waals surface area contributed by atoms with Crippen LogP contribution >= 0.6 is 11.3 Å². The van der Waals surface area contributed by atoms with Gasteiger partial charge < -0.3 is 15.2 Å². The molecule has 180 valence electrons. The van der Waals surface area contributed by atoms with E-state index in [1.807, 2.05) is 36.4 Å². The summed E-state index contributed by atoms with van der Waals surface area (Å²) in [5.41, 5.74) is 3.72. The van der Waals surface area contributed by atoms with Crippen molar-refractivity contribution in [2.45, 2.75) is 51.2 Å². The van der Waals surface area contributed by atoms with E-state index < -0.39 is 18.6 Å². The molecule has 0 amide bonds. The Morgan fingerprint density at radius 1 is 1.00 bits per heavy atom. The summed E-state index contributed by atoms with van der Waals surface area (Å²) in [6, 6.07) is 14.7. The molecular formula is C25H24F3N2NaO3S. The van der Waals surface area contributed by atoms with Crippen molar-refractivity contribution in [3.8, 4) is 0 Å². The second-order valence-corrected chi connectivity index (χ2v) is 8.85. The van der Waals surface area contributed by atoms with Gasteiger partial charge in [-0.15, -0.1) is 11.3 Å². The number of halogens is 3. The van der Waals surface area contributed by atoms with E-state index in [-0.39, 0.29) is 54.6 Å². The molecule has 0 spiro atoms. The summed E-state index contributed by atoms with van der Waals surface area (Å²) in [6.45, 7) is 0.507. The smallest absolute Gasteiger partial charge is 0.550 e. The second-order valence-electron chi connectivity index (χ2n) is 7.91. The summed E-state index contributed by atoms with van der Waals surface area (Å²) in [5.74, 6) is -1.32. The number of carboxylic acids is 1. The summed E-state index contributed by atoms with van der Waals surface area (Å²) >= 11 is 1.24. The molecule has 0 atom stereocenters. The Hall–Kier alpha value is -2.20. The van der Waals surface area contributed by atoms with Gasteiger partial charge in [-0.05, 0) is 36.5 Å². The van der Waals surface area contributed by atoms with Gasteiger partial charge in [0, 0.05) is 42.0 Å². The Morgan fingerprint density at radius 3 is 2.40 bits per heavy atom. The molecule has 3 aromatic rings. The van der Waals surface area contributed by atoms with Gasteiger partial charge in [-0.25, -0.2) is 4.98 Å². The second kappa shape index (κ2) is 13.8. The Morgan fingerprint density at radius 2 is 1.71 bits per heavy atom. The number of aromatic nitrogens is 1. The van der Waals surface area contributed by atoms with Crippen molar-refractivity contribution in [2.24, 2.45) is 0 Å². The van der Waals surface area contributed by atoms with Crippen LogP contribution in [-0.2, 0) is 30.6 Å². The number of anilines is 1. The average molecular weight is 513 g/mol. The average Bonchev–Trinajstić information content (AvgIpc) is 3.21. The molecular weight excluding hydrogens is 488 g/mol. The minimum atomic E-state index is -4.12. The molecule has 0 aliphatic carbocycles. The molecule has 0 saturated carbocycles. The number of nitrogens with zero attached hydrogens (tertiary/aromatic N) is 1. The third kappa shape index (κ3) is 10.1. The van der Waals surface area contributed by atoms with Crippen molar-refractivity contribution in [3.63, 3.8) is 0 Å². The van der Waals surface area contributed by atoms with Crippen LogP contribution in [0.3, 0.4) is 0 Å². The number of Topliss-reactive ketones (excluding diaryl/α,β-unsaturated/α-hetero) is 1. The summed E-state index contributed by atoms with van der Waals surface area (Å²) < 4.78 is 37.0. The van der Waals surface area contributed by atoms with Gasteiger partial charge in [0.1, 0.15) is 5.01 Å². The number of hydrogen-bond acceptors (Lipinski definition) is 6. The van der Waals surface area contributed by atoms with Crippen LogP contribution in [-0.4, -0.2) is 22.9 Å². The Labute approximate surface area is 228 Å². The van der Waals surface area contributed by atoms with Crippen molar-refractivity contribution in [1.82, 2.24) is 4.98 Å². The molecule has 0 unspecified atom stereocenters. The topological polar surface area (TPSA) is 82.1 Å². The molecule has 0 fully saturated rings. The van der Waals surface area contributed by atoms with Crippen molar-refractivity contribution in [1.29, 1.82) is 0 Å². The number of ketones is 1. The van der Waals surface area contributed by atoms with Gasteiger partial charge in [0.2, 0.25) is 0 Å². The summed E-state index contributed by atoms with van der Waals surface area (Å²) in [7, 11) is 0. The summed E-state index contributed by atoms with van der Waals surface area (Å²) in [6.07, 6.45) is -3.94. The third-order valence-corrected chi connectivity index (χ3v) is 6.07. The monoisotopic (exact) mass is 512 g/mol. The molecule has 35 heavy (non-hydrogen) atoms. The zero-order valence-corrected chi connectivity index (χ0v) is 22.2. The number of unbranched alkanes of at least 4 members (excludes halogenated alkanes) is 1. The van der Waals surface area contributed by atoms with E-state index >= 15 is 0 Å². The maximum absolute atomic E-state index is 12.5. The predicted molar refractivity (Wildman–Crippen MR) is 123 cm³/mol. The fraction of sp³-hybridized carbons (Fsp3) is 0.320. The van der Waals surface area contributed by atoms with Crippen LogP contribution in [0.25, 0.3) is 0 Å². The third-order valence-electron chi connectivity index (χ3n) is 5.17. The number of aliphatic carboxylic acids is 1. The van der Waals surface area contributed by atoms with Crippen LogP contribution in [0, 0.1) is 0 Å². The molecule has 0 aliphatic heterocycles. The normalized spacial score (nSPS) is 11.1. The van der Waals surface area contributed by atoms with Crippen molar-refractivity contribution in [3.05, 3.63) is 81.3 Å². The van der Waals surface area contributed by atoms with Gasteiger partial charge in [-0.2, -0.15) is 13.2 Å². The van der Waals surface area contributed by atoms with Gasteiger partial charge in [0.15, 0.2) is 5.78 Å². The molecule has 0 radical (unpaired) electrons. The first kappa shape index (κ1) is 29.0. The molecule has 5 nitrogen and oxygen atoms in total. The number of aryl methyl sites for hydroxylation is 1. The van der Waals surface area contributed by atoms with Crippen LogP contribution in [0.5, 0.6) is 0 Å². The minimum Gasteiger partial charge on any atom is -0.550 e. The maximum atomic E-state index is 12.5. The minimum absolute atomic E-state index is 0. The van der Waals surface area contributed by atoms with Crippen LogP contribution < -0.4 is 40.0 Å². The van der Waals surface area contributed by atoms with Gasteiger partial charge in [-0.1, -0.05) is 42.5 Å². The number of carboxylic acid groups (broad SMARTS) is 1. The van der Waals surface area contributed by atoms with E-state index in [2.05, 4.69) is 10.3 Å². The molecule has 10 heteroatoms. The molecule has 1 N–H and O–H groups in total. The van der Waals surface area contributed by atoms with Crippen LogP contribution in [0.2, 0.25) is 0 Å². The molecule has 0 saturated heterocycles. The Balaban J connectivity index is 0.00000432. The zero-order chi connectivity index (χ0) is 24.6. The van der Waals surface area contributed by atoms with E-state index in [9.17, 15) is 27.9 Å². The van der Waals surface area contributed by atoms with Crippen LogP contribution in [0.1, 0.15) is 51.4 Å². The first-order chi connectivity index (χ1) is 16.2. The predicted octanol–water partition coefficient (Wildman–Crippen LogP) is 1.75. The van der Waals surface area contributed by atoms with Gasteiger partial charge in [0.25, 0.3) is 0 Å². The van der Waals surface area contributed by atoms with E-state index in [0.29, 0.717) is 35.7 Å². The number of carbonyl (C=O) groups is 2. The standard InChI is InChI=1S/C25H25F3N2O3S.Na/c26-25(27,28)12-4-3-6-18-5-1-2-7-21(18)29-15-17-8-10-19(11-9-17)22(31)14-23-30-20(16-34-23)13-24(32)33;/h1-2,5,7-11,16,29H,3-4,6,12-15H2,(H,32,33);/q;+1/p-1. The van der Waals surface area contributed by atoms with Gasteiger partial charge >= 0.3 is 35.7 Å².